The van der Waals surface area contributed by atoms with Crippen LogP contribution in [-0.2, 0) is 26.0 Å². The maximum absolute atomic E-state index is 13.1. The molecule has 0 saturated carbocycles. The van der Waals surface area contributed by atoms with Crippen LogP contribution in [0.2, 0.25) is 0 Å². The first kappa shape index (κ1) is 26.6. The Morgan fingerprint density at radius 3 is 2.44 bits per heavy atom. The average Bonchev–Trinajstić information content (AvgIpc) is 3.18. The Balaban J connectivity index is 1.57. The van der Waals surface area contributed by atoms with Crippen molar-refractivity contribution in [2.75, 3.05) is 37.6 Å². The topological polar surface area (TPSA) is 98.8 Å². The number of nitrogens with one attached hydrogen (secondary N) is 2. The standard InChI is InChI=1S/C25H40N4O4S/c1-17(2)24(25(31)26-10-6-11-28-15-18(3)13-19(4)16-28)27-34(32,33)22-7-8-23-21(14-22)9-12-29(23)20(5)30/h7-8,14,17-19,24,27H,6,9-13,15-16H2,1-5H3,(H,26,31)/t18-,19-,24-/m0/s1. The normalized spacial score (nSPS) is 22.0. The third-order valence-electron chi connectivity index (χ3n) is 6.76. The van der Waals surface area contributed by atoms with Crippen LogP contribution < -0.4 is 14.9 Å². The number of rotatable bonds is 9. The van der Waals surface area contributed by atoms with Gasteiger partial charge in [0.2, 0.25) is 21.8 Å². The molecular weight excluding hydrogens is 452 g/mol. The number of piperidine rings is 1. The number of carbonyl (C=O) groups is 2. The number of benzene rings is 1. The minimum atomic E-state index is -3.89. The molecule has 3 rings (SSSR count). The van der Waals surface area contributed by atoms with Gasteiger partial charge in [-0.05, 0) is 67.3 Å². The van der Waals surface area contributed by atoms with E-state index < -0.39 is 16.1 Å². The summed E-state index contributed by atoms with van der Waals surface area (Å²) in [6, 6.07) is 3.92. The lowest BCUT2D eigenvalue weighted by atomic mass is 9.92. The van der Waals surface area contributed by atoms with Crippen LogP contribution in [0, 0.1) is 17.8 Å². The van der Waals surface area contributed by atoms with Gasteiger partial charge in [0.15, 0.2) is 0 Å². The number of hydrogen-bond acceptors (Lipinski definition) is 5. The number of fused-ring (bicyclic) bond motifs is 1. The number of nitrogens with zero attached hydrogens (tertiary/aromatic N) is 2. The number of carbonyl (C=O) groups excluding carboxylic acids is 2. The summed E-state index contributed by atoms with van der Waals surface area (Å²) in [4.78, 5) is 28.8. The Morgan fingerprint density at radius 2 is 1.82 bits per heavy atom. The second-order valence-corrected chi connectivity index (χ2v) is 12.1. The van der Waals surface area contributed by atoms with Crippen LogP contribution in [0.15, 0.2) is 23.1 Å². The van der Waals surface area contributed by atoms with Crippen LogP contribution in [-0.4, -0.2) is 63.9 Å². The minimum Gasteiger partial charge on any atom is -0.355 e. The first-order valence-electron chi connectivity index (χ1n) is 12.4. The molecule has 1 fully saturated rings. The molecule has 0 spiro atoms. The Labute approximate surface area is 204 Å². The molecule has 0 aromatic heterocycles. The molecule has 0 unspecified atom stereocenters. The molecule has 2 aliphatic heterocycles. The van der Waals surface area contributed by atoms with Gasteiger partial charge in [0, 0.05) is 38.8 Å². The van der Waals surface area contributed by atoms with Crippen molar-refractivity contribution in [2.45, 2.75) is 64.8 Å². The zero-order valence-corrected chi connectivity index (χ0v) is 22.0. The maximum atomic E-state index is 13.1. The molecule has 1 aromatic carbocycles. The van der Waals surface area contributed by atoms with Crippen LogP contribution in [0.4, 0.5) is 5.69 Å². The molecule has 190 valence electrons. The van der Waals surface area contributed by atoms with Gasteiger partial charge in [-0.25, -0.2) is 8.42 Å². The monoisotopic (exact) mass is 492 g/mol. The molecule has 1 aromatic rings. The van der Waals surface area contributed by atoms with E-state index in [1.807, 2.05) is 13.8 Å². The summed E-state index contributed by atoms with van der Waals surface area (Å²) in [7, 11) is -3.89. The molecule has 34 heavy (non-hydrogen) atoms. The van der Waals surface area contributed by atoms with Gasteiger partial charge < -0.3 is 15.1 Å². The molecule has 2 aliphatic rings. The molecule has 2 N–H and O–H groups in total. The van der Waals surface area contributed by atoms with E-state index in [0.29, 0.717) is 31.3 Å². The summed E-state index contributed by atoms with van der Waals surface area (Å²) >= 11 is 0. The van der Waals surface area contributed by atoms with E-state index in [0.717, 1.165) is 37.3 Å². The van der Waals surface area contributed by atoms with Gasteiger partial charge in [-0.2, -0.15) is 4.72 Å². The summed E-state index contributed by atoms with van der Waals surface area (Å²) in [6.07, 6.45) is 2.71. The average molecular weight is 493 g/mol. The largest absolute Gasteiger partial charge is 0.355 e. The van der Waals surface area contributed by atoms with E-state index in [1.165, 1.54) is 19.4 Å². The second-order valence-electron chi connectivity index (χ2n) is 10.4. The maximum Gasteiger partial charge on any atom is 0.241 e. The van der Waals surface area contributed by atoms with E-state index in [4.69, 9.17) is 0 Å². The van der Waals surface area contributed by atoms with Crippen LogP contribution in [0.5, 0.6) is 0 Å². The van der Waals surface area contributed by atoms with Crippen LogP contribution in [0.25, 0.3) is 0 Å². The van der Waals surface area contributed by atoms with Gasteiger partial charge in [-0.1, -0.05) is 27.7 Å². The zero-order chi connectivity index (χ0) is 25.0. The van der Waals surface area contributed by atoms with Gasteiger partial charge in [0.05, 0.1) is 4.90 Å². The Kier molecular flexibility index (Phi) is 8.76. The highest BCUT2D eigenvalue weighted by atomic mass is 32.2. The van der Waals surface area contributed by atoms with E-state index in [2.05, 4.69) is 28.8 Å². The first-order valence-corrected chi connectivity index (χ1v) is 13.9. The quantitative estimate of drug-likeness (QED) is 0.516. The van der Waals surface area contributed by atoms with Crippen molar-refractivity contribution in [1.29, 1.82) is 0 Å². The summed E-state index contributed by atoms with van der Waals surface area (Å²) in [5, 5.41) is 2.92. The Hall–Kier alpha value is -1.97. The fourth-order valence-corrected chi connectivity index (χ4v) is 6.59. The predicted molar refractivity (Wildman–Crippen MR) is 134 cm³/mol. The second kappa shape index (κ2) is 11.2. The lowest BCUT2D eigenvalue weighted by Gasteiger charge is -2.35. The number of amides is 2. The summed E-state index contributed by atoms with van der Waals surface area (Å²) in [6.45, 7) is 13.9. The van der Waals surface area contributed by atoms with Crippen LogP contribution >= 0.6 is 0 Å². The van der Waals surface area contributed by atoms with Crippen molar-refractivity contribution >= 4 is 27.5 Å². The Morgan fingerprint density at radius 1 is 1.15 bits per heavy atom. The molecule has 3 atom stereocenters. The third kappa shape index (κ3) is 6.58. The predicted octanol–water partition coefficient (Wildman–Crippen LogP) is 2.38. The molecule has 0 radical (unpaired) electrons. The van der Waals surface area contributed by atoms with Crippen molar-refractivity contribution in [1.82, 2.24) is 14.9 Å². The van der Waals surface area contributed by atoms with Crippen LogP contribution in [0.3, 0.4) is 0 Å². The number of likely N-dealkylation sites (tertiary alicyclic amines) is 1. The van der Waals surface area contributed by atoms with Crippen molar-refractivity contribution in [3.05, 3.63) is 23.8 Å². The molecule has 9 heteroatoms. The molecule has 8 nitrogen and oxygen atoms in total. The lowest BCUT2D eigenvalue weighted by molar-refractivity contribution is -0.123. The van der Waals surface area contributed by atoms with Gasteiger partial charge in [-0.15, -0.1) is 0 Å². The van der Waals surface area contributed by atoms with Gasteiger partial charge in [0.1, 0.15) is 6.04 Å². The highest BCUT2D eigenvalue weighted by Crippen LogP contribution is 2.30. The van der Waals surface area contributed by atoms with Crippen molar-refractivity contribution in [3.8, 4) is 0 Å². The van der Waals surface area contributed by atoms with Gasteiger partial charge in [-0.3, -0.25) is 9.59 Å². The summed E-state index contributed by atoms with van der Waals surface area (Å²) in [5.74, 6) is 0.822. The number of sulfonamides is 1. The van der Waals surface area contributed by atoms with Gasteiger partial charge >= 0.3 is 0 Å². The van der Waals surface area contributed by atoms with E-state index >= 15 is 0 Å². The molecule has 0 aliphatic carbocycles. The molecule has 2 amide bonds. The minimum absolute atomic E-state index is 0.0617. The van der Waals surface area contributed by atoms with E-state index in [9.17, 15) is 18.0 Å². The summed E-state index contributed by atoms with van der Waals surface area (Å²) < 4.78 is 28.8. The smallest absolute Gasteiger partial charge is 0.241 e. The van der Waals surface area contributed by atoms with E-state index in [-0.39, 0.29) is 22.6 Å². The molecular formula is C25H40N4O4S. The summed E-state index contributed by atoms with van der Waals surface area (Å²) in [5.41, 5.74) is 1.58. The van der Waals surface area contributed by atoms with Crippen molar-refractivity contribution in [3.63, 3.8) is 0 Å². The first-order chi connectivity index (χ1) is 16.0. The molecule has 0 bridgehead atoms. The number of hydrogen-bond donors (Lipinski definition) is 2. The lowest BCUT2D eigenvalue weighted by Crippen LogP contribution is -2.50. The molecule has 2 heterocycles. The zero-order valence-electron chi connectivity index (χ0n) is 21.1. The van der Waals surface area contributed by atoms with Crippen molar-refractivity contribution in [2.24, 2.45) is 17.8 Å². The fourth-order valence-electron chi connectivity index (χ4n) is 5.20. The Bertz CT molecular complexity index is 985. The highest BCUT2D eigenvalue weighted by Gasteiger charge is 2.30. The number of anilines is 1. The third-order valence-corrected chi connectivity index (χ3v) is 8.20. The van der Waals surface area contributed by atoms with Crippen molar-refractivity contribution < 1.29 is 18.0 Å². The van der Waals surface area contributed by atoms with Crippen LogP contribution in [0.1, 0.15) is 53.0 Å². The molecule has 1 saturated heterocycles. The fraction of sp³-hybridized carbons (Fsp3) is 0.680. The van der Waals surface area contributed by atoms with Gasteiger partial charge in [0.25, 0.3) is 0 Å². The highest BCUT2D eigenvalue weighted by molar-refractivity contribution is 7.89. The SMILES string of the molecule is CC(=O)N1CCc2cc(S(=O)(=O)N[C@H](C(=O)NCCCN3C[C@@H](C)C[C@H](C)C3)C(C)C)ccc21. The van der Waals surface area contributed by atoms with E-state index in [1.54, 1.807) is 17.0 Å².